The average molecular weight is 377 g/mol. The summed E-state index contributed by atoms with van der Waals surface area (Å²) in [4.78, 5) is 29.5. The number of carbonyl (C=O) groups excluding carboxylic acids is 2. The number of ether oxygens (including phenoxy) is 1. The topological polar surface area (TPSA) is 85.0 Å². The Morgan fingerprint density at radius 1 is 1.11 bits per heavy atom. The van der Waals surface area contributed by atoms with Gasteiger partial charge >= 0.3 is 12.1 Å². The standard InChI is InChI=1S/C18H14F3N3O3/c1-24-14(25)17(23-16(24)22,11-6-3-2-4-7-11)12-8-5-9-13(10-12)27-15(26)18(19,20)21/h2-10H,1H3,(H2,22,23). The first kappa shape index (κ1) is 18.4. The largest absolute Gasteiger partial charge is 0.491 e. The minimum atomic E-state index is -5.14. The van der Waals surface area contributed by atoms with E-state index < -0.39 is 23.6 Å². The maximum atomic E-state index is 13.0. The van der Waals surface area contributed by atoms with Crippen LogP contribution in [0.2, 0.25) is 0 Å². The number of esters is 1. The van der Waals surface area contributed by atoms with Crippen molar-refractivity contribution in [3.63, 3.8) is 0 Å². The van der Waals surface area contributed by atoms with Gasteiger partial charge in [-0.3, -0.25) is 9.69 Å². The highest BCUT2D eigenvalue weighted by Gasteiger charge is 2.49. The molecule has 0 aliphatic carbocycles. The van der Waals surface area contributed by atoms with E-state index >= 15 is 0 Å². The van der Waals surface area contributed by atoms with E-state index in [4.69, 9.17) is 5.73 Å². The smallest absolute Gasteiger partial charge is 0.420 e. The fraction of sp³-hybridized carbons (Fsp3) is 0.167. The fourth-order valence-corrected chi connectivity index (χ4v) is 2.81. The van der Waals surface area contributed by atoms with Crippen LogP contribution in [-0.4, -0.2) is 36.0 Å². The molecule has 0 radical (unpaired) electrons. The molecule has 0 spiro atoms. The average Bonchev–Trinajstić information content (AvgIpc) is 2.87. The number of alkyl halides is 3. The van der Waals surface area contributed by atoms with Gasteiger partial charge in [0.25, 0.3) is 5.91 Å². The maximum absolute atomic E-state index is 13.0. The van der Waals surface area contributed by atoms with E-state index in [1.807, 2.05) is 0 Å². The van der Waals surface area contributed by atoms with E-state index in [1.165, 1.54) is 31.3 Å². The Balaban J connectivity index is 2.12. The number of carbonyl (C=O) groups is 2. The number of hydrogen-bond acceptors (Lipinski definition) is 5. The van der Waals surface area contributed by atoms with E-state index in [2.05, 4.69) is 9.73 Å². The third-order valence-corrected chi connectivity index (χ3v) is 4.13. The number of aliphatic imine (C=N–C) groups is 1. The van der Waals surface area contributed by atoms with Crippen LogP contribution in [0, 0.1) is 0 Å². The normalized spacial score (nSPS) is 19.8. The summed E-state index contributed by atoms with van der Waals surface area (Å²) in [5.41, 5.74) is 4.93. The summed E-state index contributed by atoms with van der Waals surface area (Å²) in [5, 5.41) is 0. The molecule has 1 amide bonds. The van der Waals surface area contributed by atoms with Crippen LogP contribution in [0.5, 0.6) is 5.75 Å². The lowest BCUT2D eigenvalue weighted by Crippen LogP contribution is -2.41. The van der Waals surface area contributed by atoms with Crippen LogP contribution in [0.3, 0.4) is 0 Å². The van der Waals surface area contributed by atoms with Gasteiger partial charge < -0.3 is 10.5 Å². The van der Waals surface area contributed by atoms with Crippen molar-refractivity contribution in [3.8, 4) is 5.75 Å². The minimum absolute atomic E-state index is 0.0402. The first-order valence-corrected chi connectivity index (χ1v) is 7.75. The summed E-state index contributed by atoms with van der Waals surface area (Å²) in [5.74, 6) is -3.24. The quantitative estimate of drug-likeness (QED) is 0.656. The second-order valence-corrected chi connectivity index (χ2v) is 5.83. The van der Waals surface area contributed by atoms with Crippen molar-refractivity contribution >= 4 is 17.8 Å². The summed E-state index contributed by atoms with van der Waals surface area (Å²) >= 11 is 0. The second kappa shape index (κ2) is 6.42. The van der Waals surface area contributed by atoms with Gasteiger partial charge in [0.05, 0.1) is 0 Å². The molecule has 0 fully saturated rings. The van der Waals surface area contributed by atoms with Gasteiger partial charge in [-0.2, -0.15) is 13.2 Å². The van der Waals surface area contributed by atoms with E-state index in [0.29, 0.717) is 5.56 Å². The van der Waals surface area contributed by atoms with Crippen LogP contribution in [-0.2, 0) is 15.1 Å². The molecule has 2 aromatic rings. The fourth-order valence-electron chi connectivity index (χ4n) is 2.81. The van der Waals surface area contributed by atoms with Crippen LogP contribution >= 0.6 is 0 Å². The Morgan fingerprint density at radius 3 is 2.30 bits per heavy atom. The van der Waals surface area contributed by atoms with Gasteiger partial charge in [-0.25, -0.2) is 9.79 Å². The molecule has 1 aliphatic heterocycles. The third-order valence-electron chi connectivity index (χ3n) is 4.13. The maximum Gasteiger partial charge on any atom is 0.491 e. The zero-order valence-corrected chi connectivity index (χ0v) is 14.0. The highest BCUT2D eigenvalue weighted by atomic mass is 19.4. The summed E-state index contributed by atoms with van der Waals surface area (Å²) in [6.45, 7) is 0. The Morgan fingerprint density at radius 2 is 1.74 bits per heavy atom. The molecule has 2 N–H and O–H groups in total. The molecule has 0 saturated carbocycles. The summed E-state index contributed by atoms with van der Waals surface area (Å²) < 4.78 is 41.8. The minimum Gasteiger partial charge on any atom is -0.420 e. The van der Waals surface area contributed by atoms with Gasteiger partial charge in [-0.1, -0.05) is 42.5 Å². The van der Waals surface area contributed by atoms with Crippen molar-refractivity contribution in [2.75, 3.05) is 7.05 Å². The van der Waals surface area contributed by atoms with Gasteiger partial charge in [0, 0.05) is 7.05 Å². The Hall–Kier alpha value is -3.36. The van der Waals surface area contributed by atoms with Crippen molar-refractivity contribution in [3.05, 3.63) is 65.7 Å². The van der Waals surface area contributed by atoms with Gasteiger partial charge in [0.2, 0.25) is 0 Å². The van der Waals surface area contributed by atoms with E-state index in [-0.39, 0.29) is 17.3 Å². The number of likely N-dealkylation sites (N-methyl/N-ethyl adjacent to an activating group) is 1. The van der Waals surface area contributed by atoms with Crippen molar-refractivity contribution in [1.82, 2.24) is 4.90 Å². The molecule has 2 aromatic carbocycles. The molecule has 1 aliphatic rings. The predicted octanol–water partition coefficient (Wildman–Crippen LogP) is 2.18. The molecular formula is C18H14F3N3O3. The Bertz CT molecular complexity index is 928. The van der Waals surface area contributed by atoms with Crippen molar-refractivity contribution < 1.29 is 27.5 Å². The van der Waals surface area contributed by atoms with Crippen LogP contribution < -0.4 is 10.5 Å². The number of benzene rings is 2. The van der Waals surface area contributed by atoms with Gasteiger partial charge in [-0.15, -0.1) is 0 Å². The highest BCUT2D eigenvalue weighted by molar-refractivity contribution is 6.08. The van der Waals surface area contributed by atoms with Gasteiger partial charge in [0.1, 0.15) is 5.75 Å². The SMILES string of the molecule is CN1C(=O)C(c2ccccc2)(c2cccc(OC(=O)C(F)(F)F)c2)N=C1N. The van der Waals surface area contributed by atoms with Crippen LogP contribution in [0.1, 0.15) is 11.1 Å². The predicted molar refractivity (Wildman–Crippen MR) is 89.7 cm³/mol. The molecule has 1 unspecified atom stereocenters. The highest BCUT2D eigenvalue weighted by Crippen LogP contribution is 2.40. The summed E-state index contributed by atoms with van der Waals surface area (Å²) in [6.07, 6.45) is -5.14. The van der Waals surface area contributed by atoms with E-state index in [1.54, 1.807) is 30.3 Å². The van der Waals surface area contributed by atoms with Gasteiger partial charge in [0.15, 0.2) is 11.5 Å². The lowest BCUT2D eigenvalue weighted by Gasteiger charge is -2.26. The molecule has 9 heteroatoms. The lowest BCUT2D eigenvalue weighted by molar-refractivity contribution is -0.189. The number of rotatable bonds is 3. The van der Waals surface area contributed by atoms with Gasteiger partial charge in [-0.05, 0) is 23.3 Å². The van der Waals surface area contributed by atoms with E-state index in [0.717, 1.165) is 4.90 Å². The lowest BCUT2D eigenvalue weighted by atomic mass is 9.83. The molecular weight excluding hydrogens is 363 g/mol. The molecule has 0 aromatic heterocycles. The first-order valence-electron chi connectivity index (χ1n) is 7.75. The number of halogens is 3. The van der Waals surface area contributed by atoms with Crippen LogP contribution in [0.15, 0.2) is 59.6 Å². The summed E-state index contributed by atoms with van der Waals surface area (Å²) in [6, 6.07) is 13.7. The Kier molecular flexibility index (Phi) is 4.38. The second-order valence-electron chi connectivity index (χ2n) is 5.83. The van der Waals surface area contributed by atoms with E-state index in [9.17, 15) is 22.8 Å². The molecule has 0 bridgehead atoms. The Labute approximate surface area is 152 Å². The molecule has 6 nitrogen and oxygen atoms in total. The number of guanidine groups is 1. The molecule has 3 rings (SSSR count). The van der Waals surface area contributed by atoms with Crippen molar-refractivity contribution in [2.24, 2.45) is 10.7 Å². The summed E-state index contributed by atoms with van der Waals surface area (Å²) in [7, 11) is 1.44. The number of nitrogens with zero attached hydrogens (tertiary/aromatic N) is 2. The van der Waals surface area contributed by atoms with Crippen molar-refractivity contribution in [2.45, 2.75) is 11.7 Å². The van der Waals surface area contributed by atoms with Crippen LogP contribution in [0.25, 0.3) is 0 Å². The number of hydrogen-bond donors (Lipinski definition) is 1. The molecule has 1 heterocycles. The number of amides is 1. The first-order chi connectivity index (χ1) is 12.7. The molecule has 0 saturated heterocycles. The molecule has 27 heavy (non-hydrogen) atoms. The molecule has 140 valence electrons. The number of nitrogens with two attached hydrogens (primary N) is 1. The van der Waals surface area contributed by atoms with Crippen molar-refractivity contribution in [1.29, 1.82) is 0 Å². The zero-order chi connectivity index (χ0) is 19.8. The monoisotopic (exact) mass is 377 g/mol. The molecule has 1 atom stereocenters. The third kappa shape index (κ3) is 3.12. The van der Waals surface area contributed by atoms with Crippen LogP contribution in [0.4, 0.5) is 13.2 Å². The zero-order valence-electron chi connectivity index (χ0n) is 14.0.